The predicted molar refractivity (Wildman–Crippen MR) is 49.7 cm³/mol. The highest BCUT2D eigenvalue weighted by atomic mass is 16.3. The Morgan fingerprint density at radius 3 is 3.00 bits per heavy atom. The Morgan fingerprint density at radius 1 is 1.38 bits per heavy atom. The summed E-state index contributed by atoms with van der Waals surface area (Å²) in [6.07, 6.45) is 4.38. The van der Waals surface area contributed by atoms with E-state index in [0.717, 1.165) is 11.0 Å². The summed E-state index contributed by atoms with van der Waals surface area (Å²) in [5, 5.41) is 9.24. The average molecular weight is 174 g/mol. The molecule has 0 unspecified atom stereocenters. The molecule has 1 aromatic carbocycles. The first-order valence-electron chi connectivity index (χ1n) is 4.50. The van der Waals surface area contributed by atoms with Gasteiger partial charge in [-0.15, -0.1) is 0 Å². The molecule has 0 spiro atoms. The minimum atomic E-state index is 0.286. The van der Waals surface area contributed by atoms with Crippen molar-refractivity contribution >= 4 is 11.0 Å². The maximum atomic E-state index is 9.24. The van der Waals surface area contributed by atoms with Crippen molar-refractivity contribution in [2.75, 3.05) is 0 Å². The molecule has 2 aromatic rings. The smallest absolute Gasteiger partial charge is 0.117 e. The molecule has 1 aromatic heterocycles. The Morgan fingerprint density at radius 2 is 2.23 bits per heavy atom. The minimum absolute atomic E-state index is 0.286. The standard InChI is InChI=1S/C10H10N2O/c13-8-3-4-10-9(5-8)11-6-12(10)7-1-2-7/h3-7,13H,1-2H2. The summed E-state index contributed by atoms with van der Waals surface area (Å²) in [6, 6.07) is 5.99. The van der Waals surface area contributed by atoms with Gasteiger partial charge in [0.05, 0.1) is 17.4 Å². The van der Waals surface area contributed by atoms with E-state index in [-0.39, 0.29) is 5.75 Å². The number of phenols is 1. The Labute approximate surface area is 75.6 Å². The number of phenolic OH excluding ortho intramolecular Hbond substituents is 1. The number of nitrogens with zero attached hydrogens (tertiary/aromatic N) is 2. The van der Waals surface area contributed by atoms with Crippen molar-refractivity contribution in [3.8, 4) is 5.75 Å². The Bertz CT molecular complexity index is 457. The lowest BCUT2D eigenvalue weighted by Gasteiger charge is -1.99. The molecule has 1 N–H and O–H groups in total. The molecule has 3 heteroatoms. The number of aromatic nitrogens is 2. The lowest BCUT2D eigenvalue weighted by atomic mass is 10.3. The van der Waals surface area contributed by atoms with Crippen LogP contribution in [0.25, 0.3) is 11.0 Å². The van der Waals surface area contributed by atoms with Gasteiger partial charge in [0.2, 0.25) is 0 Å². The molecule has 0 bridgehead atoms. The largest absolute Gasteiger partial charge is 0.508 e. The van der Waals surface area contributed by atoms with Gasteiger partial charge in [-0.25, -0.2) is 4.98 Å². The fourth-order valence-electron chi connectivity index (χ4n) is 1.66. The van der Waals surface area contributed by atoms with Crippen molar-refractivity contribution in [3.05, 3.63) is 24.5 Å². The van der Waals surface area contributed by atoms with Crippen molar-refractivity contribution in [2.45, 2.75) is 18.9 Å². The van der Waals surface area contributed by atoms with E-state index in [1.807, 2.05) is 12.4 Å². The fraction of sp³-hybridized carbons (Fsp3) is 0.300. The highest BCUT2D eigenvalue weighted by Gasteiger charge is 2.24. The average Bonchev–Trinajstić information content (AvgIpc) is 2.87. The highest BCUT2D eigenvalue weighted by Crippen LogP contribution is 2.37. The van der Waals surface area contributed by atoms with E-state index in [1.54, 1.807) is 12.1 Å². The van der Waals surface area contributed by atoms with Crippen LogP contribution in [0.2, 0.25) is 0 Å². The minimum Gasteiger partial charge on any atom is -0.508 e. The summed E-state index contributed by atoms with van der Waals surface area (Å²) < 4.78 is 2.19. The van der Waals surface area contributed by atoms with Crippen LogP contribution in [0.3, 0.4) is 0 Å². The predicted octanol–water partition coefficient (Wildman–Crippen LogP) is 2.08. The van der Waals surface area contributed by atoms with Crippen molar-refractivity contribution in [1.82, 2.24) is 9.55 Å². The second-order valence-electron chi connectivity index (χ2n) is 3.56. The number of imidazole rings is 1. The lowest BCUT2D eigenvalue weighted by molar-refractivity contribution is 0.476. The van der Waals surface area contributed by atoms with Gasteiger partial charge in [0.1, 0.15) is 5.75 Å². The molecule has 3 nitrogen and oxygen atoms in total. The molecule has 0 atom stereocenters. The molecule has 0 radical (unpaired) electrons. The molecule has 1 aliphatic carbocycles. The summed E-state index contributed by atoms with van der Waals surface area (Å²) in [5.74, 6) is 0.286. The molecular formula is C10H10N2O. The molecule has 1 fully saturated rings. The quantitative estimate of drug-likeness (QED) is 0.718. The Kier molecular flexibility index (Phi) is 1.20. The molecule has 0 aliphatic heterocycles. The van der Waals surface area contributed by atoms with Crippen molar-refractivity contribution in [3.63, 3.8) is 0 Å². The second kappa shape index (κ2) is 2.25. The van der Waals surface area contributed by atoms with Gasteiger partial charge in [-0.05, 0) is 25.0 Å². The Hall–Kier alpha value is -1.51. The first kappa shape index (κ1) is 6.95. The van der Waals surface area contributed by atoms with Gasteiger partial charge in [-0.3, -0.25) is 0 Å². The van der Waals surface area contributed by atoms with Crippen LogP contribution >= 0.6 is 0 Å². The van der Waals surface area contributed by atoms with Gasteiger partial charge in [-0.1, -0.05) is 0 Å². The number of fused-ring (bicyclic) bond motifs is 1. The molecule has 3 rings (SSSR count). The van der Waals surface area contributed by atoms with Gasteiger partial charge in [-0.2, -0.15) is 0 Å². The zero-order valence-electron chi connectivity index (χ0n) is 7.14. The first-order valence-corrected chi connectivity index (χ1v) is 4.50. The number of rotatable bonds is 1. The topological polar surface area (TPSA) is 38.1 Å². The summed E-state index contributed by atoms with van der Waals surface area (Å²) >= 11 is 0. The fourth-order valence-corrected chi connectivity index (χ4v) is 1.66. The number of hydrogen-bond donors (Lipinski definition) is 1. The molecule has 0 saturated heterocycles. The van der Waals surface area contributed by atoms with E-state index in [4.69, 9.17) is 0 Å². The van der Waals surface area contributed by atoms with E-state index < -0.39 is 0 Å². The summed E-state index contributed by atoms with van der Waals surface area (Å²) in [7, 11) is 0. The van der Waals surface area contributed by atoms with Crippen LogP contribution in [0.5, 0.6) is 5.75 Å². The number of hydrogen-bond acceptors (Lipinski definition) is 2. The third-order valence-corrected chi connectivity index (χ3v) is 2.50. The molecule has 1 saturated carbocycles. The molecular weight excluding hydrogens is 164 g/mol. The summed E-state index contributed by atoms with van der Waals surface area (Å²) in [4.78, 5) is 4.24. The van der Waals surface area contributed by atoms with Crippen molar-refractivity contribution in [1.29, 1.82) is 0 Å². The normalized spacial score (nSPS) is 16.6. The summed E-state index contributed by atoms with van der Waals surface area (Å²) in [5.41, 5.74) is 2.01. The monoisotopic (exact) mass is 174 g/mol. The molecule has 0 amide bonds. The van der Waals surface area contributed by atoms with Crippen LogP contribution in [0.1, 0.15) is 18.9 Å². The molecule has 13 heavy (non-hydrogen) atoms. The second-order valence-corrected chi connectivity index (χ2v) is 3.56. The van der Waals surface area contributed by atoms with Gasteiger partial charge in [0.15, 0.2) is 0 Å². The van der Waals surface area contributed by atoms with E-state index >= 15 is 0 Å². The molecule has 1 heterocycles. The lowest BCUT2D eigenvalue weighted by Crippen LogP contribution is -1.89. The first-order chi connectivity index (χ1) is 6.34. The van der Waals surface area contributed by atoms with Crippen LogP contribution in [0.4, 0.5) is 0 Å². The van der Waals surface area contributed by atoms with Crippen LogP contribution in [0, 0.1) is 0 Å². The van der Waals surface area contributed by atoms with Gasteiger partial charge in [0.25, 0.3) is 0 Å². The van der Waals surface area contributed by atoms with Gasteiger partial charge in [0, 0.05) is 12.1 Å². The Balaban J connectivity index is 2.26. The van der Waals surface area contributed by atoms with Crippen LogP contribution < -0.4 is 0 Å². The van der Waals surface area contributed by atoms with Crippen LogP contribution in [-0.2, 0) is 0 Å². The van der Waals surface area contributed by atoms with Crippen LogP contribution in [0.15, 0.2) is 24.5 Å². The zero-order chi connectivity index (χ0) is 8.84. The maximum absolute atomic E-state index is 9.24. The van der Waals surface area contributed by atoms with E-state index in [2.05, 4.69) is 9.55 Å². The SMILES string of the molecule is Oc1ccc2c(c1)ncn2C1CC1. The third-order valence-electron chi connectivity index (χ3n) is 2.50. The van der Waals surface area contributed by atoms with E-state index in [0.29, 0.717) is 6.04 Å². The highest BCUT2D eigenvalue weighted by molar-refractivity contribution is 5.77. The van der Waals surface area contributed by atoms with Crippen molar-refractivity contribution < 1.29 is 5.11 Å². The molecule has 66 valence electrons. The zero-order valence-corrected chi connectivity index (χ0v) is 7.14. The van der Waals surface area contributed by atoms with Crippen molar-refractivity contribution in [2.24, 2.45) is 0 Å². The number of aromatic hydroxyl groups is 1. The van der Waals surface area contributed by atoms with E-state index in [9.17, 15) is 5.11 Å². The van der Waals surface area contributed by atoms with Gasteiger partial charge >= 0.3 is 0 Å². The summed E-state index contributed by atoms with van der Waals surface area (Å²) in [6.45, 7) is 0. The molecule has 1 aliphatic rings. The number of benzene rings is 1. The maximum Gasteiger partial charge on any atom is 0.117 e. The van der Waals surface area contributed by atoms with Crippen LogP contribution in [-0.4, -0.2) is 14.7 Å². The van der Waals surface area contributed by atoms with E-state index in [1.165, 1.54) is 12.8 Å². The third kappa shape index (κ3) is 1.00. The van der Waals surface area contributed by atoms with Gasteiger partial charge < -0.3 is 9.67 Å².